The van der Waals surface area contributed by atoms with Crippen LogP contribution in [0.15, 0.2) is 18.2 Å². The van der Waals surface area contributed by atoms with E-state index >= 15 is 0 Å². The maximum atomic E-state index is 9.61. The van der Waals surface area contributed by atoms with Crippen LogP contribution in [0.3, 0.4) is 0 Å². The molecule has 0 aliphatic heterocycles. The van der Waals surface area contributed by atoms with Crippen LogP contribution >= 0.6 is 23.2 Å². The Kier molecular flexibility index (Phi) is 4.22. The van der Waals surface area contributed by atoms with Crippen molar-refractivity contribution in [3.8, 4) is 5.75 Å². The lowest BCUT2D eigenvalue weighted by molar-refractivity contribution is 0.0196. The molecule has 1 rings (SSSR count). The summed E-state index contributed by atoms with van der Waals surface area (Å²) in [6, 6.07) is 4.86. The Morgan fingerprint density at radius 1 is 1.33 bits per heavy atom. The van der Waals surface area contributed by atoms with E-state index in [-0.39, 0.29) is 13.2 Å². The molecule has 1 unspecified atom stereocenters. The van der Waals surface area contributed by atoms with Gasteiger partial charge in [0.05, 0.1) is 0 Å². The van der Waals surface area contributed by atoms with Gasteiger partial charge in [0.2, 0.25) is 0 Å². The summed E-state index contributed by atoms with van der Waals surface area (Å²) in [7, 11) is 0. The van der Waals surface area contributed by atoms with Crippen LogP contribution < -0.4 is 10.5 Å². The first-order valence-electron chi connectivity index (χ1n) is 4.44. The number of hydrogen-bond acceptors (Lipinski definition) is 3. The topological polar surface area (TPSA) is 55.5 Å². The minimum absolute atomic E-state index is 0.0974. The molecule has 3 N–H and O–H groups in total. The van der Waals surface area contributed by atoms with E-state index in [0.29, 0.717) is 15.8 Å². The summed E-state index contributed by atoms with van der Waals surface area (Å²) in [5.74, 6) is 0.515. The van der Waals surface area contributed by atoms with Crippen LogP contribution in [-0.4, -0.2) is 23.9 Å². The lowest BCUT2D eigenvalue weighted by atomic mass is 10.1. The summed E-state index contributed by atoms with van der Waals surface area (Å²) in [5, 5.41) is 10.6. The molecule has 1 atom stereocenters. The fourth-order valence-electron chi connectivity index (χ4n) is 0.910. The molecule has 0 spiro atoms. The monoisotopic (exact) mass is 249 g/mol. The van der Waals surface area contributed by atoms with Crippen LogP contribution in [0, 0.1) is 0 Å². The normalized spacial score (nSPS) is 14.7. The Bertz CT molecular complexity index is 322. The van der Waals surface area contributed by atoms with E-state index in [2.05, 4.69) is 0 Å². The van der Waals surface area contributed by atoms with E-state index in [0.717, 1.165) is 0 Å². The van der Waals surface area contributed by atoms with Crippen molar-refractivity contribution >= 4 is 23.2 Å². The van der Waals surface area contributed by atoms with Gasteiger partial charge in [-0.05, 0) is 25.1 Å². The molecule has 0 fully saturated rings. The highest BCUT2D eigenvalue weighted by Crippen LogP contribution is 2.24. The number of aliphatic hydroxyl groups is 1. The summed E-state index contributed by atoms with van der Waals surface area (Å²) in [4.78, 5) is 0. The summed E-state index contributed by atoms with van der Waals surface area (Å²) < 4.78 is 5.32. The summed E-state index contributed by atoms with van der Waals surface area (Å²) in [6.45, 7) is 1.82. The third kappa shape index (κ3) is 4.26. The molecule has 3 nitrogen and oxygen atoms in total. The number of benzene rings is 1. The third-order valence-electron chi connectivity index (χ3n) is 1.83. The van der Waals surface area contributed by atoms with Crippen molar-refractivity contribution in [1.29, 1.82) is 0 Å². The highest BCUT2D eigenvalue weighted by atomic mass is 35.5. The molecule has 0 aliphatic carbocycles. The van der Waals surface area contributed by atoms with Crippen molar-refractivity contribution in [1.82, 2.24) is 0 Å². The number of hydrogen-bond donors (Lipinski definition) is 2. The van der Waals surface area contributed by atoms with Crippen LogP contribution in [0.25, 0.3) is 0 Å². The zero-order chi connectivity index (χ0) is 11.5. The maximum absolute atomic E-state index is 9.61. The number of halogens is 2. The number of rotatable bonds is 4. The minimum Gasteiger partial charge on any atom is -0.490 e. The summed E-state index contributed by atoms with van der Waals surface area (Å²) in [6.07, 6.45) is 0. The Balaban J connectivity index is 2.65. The van der Waals surface area contributed by atoms with Gasteiger partial charge in [0.15, 0.2) is 0 Å². The molecule has 84 valence electrons. The second-order valence-corrected chi connectivity index (χ2v) is 4.47. The van der Waals surface area contributed by atoms with Crippen LogP contribution in [0.4, 0.5) is 0 Å². The predicted octanol–water partition coefficient (Wildman–Crippen LogP) is 2.08. The van der Waals surface area contributed by atoms with Gasteiger partial charge >= 0.3 is 0 Å². The number of nitrogens with two attached hydrogens (primary N) is 1. The lowest BCUT2D eigenvalue weighted by Gasteiger charge is -2.21. The molecule has 1 aromatic carbocycles. The first-order chi connectivity index (χ1) is 6.93. The van der Waals surface area contributed by atoms with Gasteiger partial charge in [-0.1, -0.05) is 23.2 Å². The van der Waals surface area contributed by atoms with Crippen LogP contribution in [0.2, 0.25) is 10.0 Å². The molecule has 0 bridgehead atoms. The minimum atomic E-state index is -1.05. The SMILES string of the molecule is CC(O)(CN)COc1cc(Cl)cc(Cl)c1. The molecule has 15 heavy (non-hydrogen) atoms. The molecule has 0 amide bonds. The molecule has 0 radical (unpaired) electrons. The average Bonchev–Trinajstić information content (AvgIpc) is 2.14. The second kappa shape index (κ2) is 5.03. The molecule has 0 heterocycles. The smallest absolute Gasteiger partial charge is 0.122 e. The second-order valence-electron chi connectivity index (χ2n) is 3.59. The van der Waals surface area contributed by atoms with Gasteiger partial charge in [-0.15, -0.1) is 0 Å². The van der Waals surface area contributed by atoms with Gasteiger partial charge < -0.3 is 15.6 Å². The van der Waals surface area contributed by atoms with E-state index in [4.69, 9.17) is 33.7 Å². The fourth-order valence-corrected chi connectivity index (χ4v) is 1.42. The van der Waals surface area contributed by atoms with Crippen molar-refractivity contribution in [2.24, 2.45) is 5.73 Å². The van der Waals surface area contributed by atoms with Crippen molar-refractivity contribution in [3.05, 3.63) is 28.2 Å². The highest BCUT2D eigenvalue weighted by Gasteiger charge is 2.18. The van der Waals surface area contributed by atoms with Crippen molar-refractivity contribution < 1.29 is 9.84 Å². The Labute approximate surface area is 98.7 Å². The van der Waals surface area contributed by atoms with Crippen LogP contribution in [-0.2, 0) is 0 Å². The molecule has 0 aromatic heterocycles. The average molecular weight is 250 g/mol. The zero-order valence-corrected chi connectivity index (χ0v) is 9.85. The molecular weight excluding hydrogens is 237 g/mol. The van der Waals surface area contributed by atoms with Gasteiger partial charge in [-0.3, -0.25) is 0 Å². The number of ether oxygens (including phenoxy) is 1. The van der Waals surface area contributed by atoms with Crippen LogP contribution in [0.1, 0.15) is 6.92 Å². The summed E-state index contributed by atoms with van der Waals surface area (Å²) >= 11 is 11.6. The molecule has 0 saturated heterocycles. The van der Waals surface area contributed by atoms with Gasteiger partial charge in [-0.25, -0.2) is 0 Å². The first-order valence-corrected chi connectivity index (χ1v) is 5.20. The van der Waals surface area contributed by atoms with Crippen molar-refractivity contribution in [3.63, 3.8) is 0 Å². The fraction of sp³-hybridized carbons (Fsp3) is 0.400. The molecule has 0 aliphatic rings. The highest BCUT2D eigenvalue weighted by molar-refractivity contribution is 6.34. The first kappa shape index (κ1) is 12.6. The Hall–Kier alpha value is -0.480. The Morgan fingerprint density at radius 3 is 2.33 bits per heavy atom. The van der Waals surface area contributed by atoms with Gasteiger partial charge in [-0.2, -0.15) is 0 Å². The molecular formula is C10H13Cl2NO2. The van der Waals surface area contributed by atoms with E-state index in [1.54, 1.807) is 25.1 Å². The quantitative estimate of drug-likeness (QED) is 0.860. The maximum Gasteiger partial charge on any atom is 0.122 e. The zero-order valence-electron chi connectivity index (χ0n) is 8.34. The van der Waals surface area contributed by atoms with E-state index in [1.807, 2.05) is 0 Å². The third-order valence-corrected chi connectivity index (χ3v) is 2.26. The van der Waals surface area contributed by atoms with Gasteiger partial charge in [0.1, 0.15) is 18.0 Å². The van der Waals surface area contributed by atoms with Gasteiger partial charge in [0.25, 0.3) is 0 Å². The van der Waals surface area contributed by atoms with Crippen LogP contribution in [0.5, 0.6) is 5.75 Å². The lowest BCUT2D eigenvalue weighted by Crippen LogP contribution is -2.40. The largest absolute Gasteiger partial charge is 0.490 e. The van der Waals surface area contributed by atoms with Crippen molar-refractivity contribution in [2.75, 3.05) is 13.2 Å². The van der Waals surface area contributed by atoms with E-state index in [1.165, 1.54) is 0 Å². The van der Waals surface area contributed by atoms with E-state index < -0.39 is 5.60 Å². The molecule has 0 saturated carbocycles. The predicted molar refractivity (Wildman–Crippen MR) is 61.6 cm³/mol. The Morgan fingerprint density at radius 2 is 1.87 bits per heavy atom. The summed E-state index contributed by atoms with van der Waals surface area (Å²) in [5.41, 5.74) is 4.30. The molecule has 5 heteroatoms. The molecule has 1 aromatic rings. The standard InChI is InChI=1S/C10H13Cl2NO2/c1-10(14,5-13)6-15-9-3-7(11)2-8(12)4-9/h2-4,14H,5-6,13H2,1H3. The van der Waals surface area contributed by atoms with Crippen molar-refractivity contribution in [2.45, 2.75) is 12.5 Å². The van der Waals surface area contributed by atoms with E-state index in [9.17, 15) is 5.11 Å². The van der Waals surface area contributed by atoms with Gasteiger partial charge in [0, 0.05) is 16.6 Å².